The summed E-state index contributed by atoms with van der Waals surface area (Å²) in [7, 11) is 0. The van der Waals surface area contributed by atoms with Gasteiger partial charge in [-0.1, -0.05) is 13.8 Å². The molecule has 0 amide bonds. The molecule has 3 unspecified atom stereocenters. The van der Waals surface area contributed by atoms with Crippen molar-refractivity contribution in [3.05, 3.63) is 16.6 Å². The van der Waals surface area contributed by atoms with Crippen molar-refractivity contribution < 1.29 is 9.47 Å². The Morgan fingerprint density at radius 2 is 2.33 bits per heavy atom. The molecule has 0 saturated carbocycles. The fourth-order valence-electron chi connectivity index (χ4n) is 3.44. The standard InChI is InChI=1S/C14H21NO2S/c1-3-13-5-6-14(4-2,17-13)12(7-13)16-8-11-9-18-10-15-11/h9-10,12H,3-8H2,1-2H3. The van der Waals surface area contributed by atoms with Crippen LogP contribution < -0.4 is 0 Å². The van der Waals surface area contributed by atoms with Gasteiger partial charge in [-0.3, -0.25) is 0 Å². The molecule has 2 fully saturated rings. The Morgan fingerprint density at radius 1 is 1.44 bits per heavy atom. The van der Waals surface area contributed by atoms with E-state index in [1.165, 1.54) is 6.42 Å². The number of ether oxygens (including phenoxy) is 2. The fourth-order valence-corrected chi connectivity index (χ4v) is 3.99. The number of fused-ring (bicyclic) bond motifs is 2. The Kier molecular flexibility index (Phi) is 3.20. The van der Waals surface area contributed by atoms with E-state index >= 15 is 0 Å². The molecule has 0 aliphatic carbocycles. The van der Waals surface area contributed by atoms with Crippen LogP contribution in [-0.4, -0.2) is 22.3 Å². The van der Waals surface area contributed by atoms with Crippen LogP contribution in [0.1, 0.15) is 51.6 Å². The molecule has 3 nitrogen and oxygen atoms in total. The van der Waals surface area contributed by atoms with E-state index < -0.39 is 0 Å². The molecule has 100 valence electrons. The zero-order valence-electron chi connectivity index (χ0n) is 11.1. The lowest BCUT2D eigenvalue weighted by atomic mass is 9.77. The summed E-state index contributed by atoms with van der Waals surface area (Å²) in [4.78, 5) is 4.28. The van der Waals surface area contributed by atoms with Crippen LogP contribution in [0.15, 0.2) is 10.9 Å². The summed E-state index contributed by atoms with van der Waals surface area (Å²) in [5, 5.41) is 2.06. The van der Waals surface area contributed by atoms with Gasteiger partial charge in [0.2, 0.25) is 0 Å². The first kappa shape index (κ1) is 12.6. The van der Waals surface area contributed by atoms with E-state index in [1.54, 1.807) is 11.3 Å². The van der Waals surface area contributed by atoms with Crippen molar-refractivity contribution >= 4 is 11.3 Å². The molecular weight excluding hydrogens is 246 g/mol. The van der Waals surface area contributed by atoms with Crippen molar-refractivity contribution in [2.24, 2.45) is 0 Å². The van der Waals surface area contributed by atoms with E-state index in [0.29, 0.717) is 6.61 Å². The summed E-state index contributed by atoms with van der Waals surface area (Å²) < 4.78 is 12.5. The van der Waals surface area contributed by atoms with Crippen molar-refractivity contribution in [1.82, 2.24) is 4.98 Å². The van der Waals surface area contributed by atoms with E-state index in [2.05, 4.69) is 24.2 Å². The van der Waals surface area contributed by atoms with Crippen molar-refractivity contribution in [1.29, 1.82) is 0 Å². The lowest BCUT2D eigenvalue weighted by Gasteiger charge is -2.31. The second-order valence-corrected chi connectivity index (χ2v) is 6.26. The predicted molar refractivity (Wildman–Crippen MR) is 71.7 cm³/mol. The molecule has 3 atom stereocenters. The average Bonchev–Trinajstić information content (AvgIpc) is 3.10. The molecule has 0 aromatic carbocycles. The van der Waals surface area contributed by atoms with Crippen LogP contribution in [0.3, 0.4) is 0 Å². The van der Waals surface area contributed by atoms with Crippen LogP contribution in [0.4, 0.5) is 0 Å². The van der Waals surface area contributed by atoms with E-state index in [0.717, 1.165) is 31.4 Å². The maximum Gasteiger partial charge on any atom is 0.0950 e. The molecule has 0 N–H and O–H groups in total. The average molecular weight is 267 g/mol. The van der Waals surface area contributed by atoms with Gasteiger partial charge in [0.15, 0.2) is 0 Å². The Morgan fingerprint density at radius 3 is 3.00 bits per heavy atom. The van der Waals surface area contributed by atoms with Crippen LogP contribution in [-0.2, 0) is 16.1 Å². The molecule has 1 aromatic heterocycles. The first-order chi connectivity index (χ1) is 8.72. The lowest BCUT2D eigenvalue weighted by molar-refractivity contribution is -0.0998. The van der Waals surface area contributed by atoms with Crippen LogP contribution >= 0.6 is 11.3 Å². The molecule has 2 aliphatic rings. The first-order valence-electron chi connectivity index (χ1n) is 6.91. The number of thiazole rings is 1. The maximum absolute atomic E-state index is 6.39. The van der Waals surface area contributed by atoms with E-state index in [1.807, 2.05) is 5.51 Å². The summed E-state index contributed by atoms with van der Waals surface area (Å²) in [5.41, 5.74) is 2.98. The van der Waals surface area contributed by atoms with Crippen LogP contribution in [0.5, 0.6) is 0 Å². The molecule has 2 aliphatic heterocycles. The molecule has 2 bridgehead atoms. The minimum atomic E-state index is -0.0218. The van der Waals surface area contributed by atoms with Gasteiger partial charge in [0, 0.05) is 11.8 Å². The number of rotatable bonds is 5. The third kappa shape index (κ3) is 1.91. The van der Waals surface area contributed by atoms with Crippen LogP contribution in [0, 0.1) is 0 Å². The molecule has 4 heteroatoms. The Balaban J connectivity index is 1.69. The number of hydrogen-bond acceptors (Lipinski definition) is 4. The van der Waals surface area contributed by atoms with Gasteiger partial charge in [-0.05, 0) is 25.7 Å². The van der Waals surface area contributed by atoms with E-state index in [9.17, 15) is 0 Å². The predicted octanol–water partition coefficient (Wildman–Crippen LogP) is 3.54. The Labute approximate surface area is 113 Å². The van der Waals surface area contributed by atoms with Crippen molar-refractivity contribution in [2.45, 2.75) is 69.9 Å². The largest absolute Gasteiger partial charge is 0.369 e. The normalized spacial score (nSPS) is 38.4. The summed E-state index contributed by atoms with van der Waals surface area (Å²) in [5.74, 6) is 0. The second kappa shape index (κ2) is 4.58. The Bertz CT molecular complexity index is 408. The highest BCUT2D eigenvalue weighted by Gasteiger charge is 2.60. The molecule has 0 spiro atoms. The SMILES string of the molecule is CCC12CCC(CC)(O1)C(OCc1cscn1)C2. The maximum atomic E-state index is 6.39. The van der Waals surface area contributed by atoms with Crippen LogP contribution in [0.25, 0.3) is 0 Å². The quantitative estimate of drug-likeness (QED) is 0.817. The van der Waals surface area contributed by atoms with Crippen molar-refractivity contribution in [3.63, 3.8) is 0 Å². The molecule has 3 rings (SSSR count). The summed E-state index contributed by atoms with van der Waals surface area (Å²) in [6.07, 6.45) is 5.81. The highest BCUT2D eigenvalue weighted by Crippen LogP contribution is 2.55. The van der Waals surface area contributed by atoms with E-state index in [4.69, 9.17) is 9.47 Å². The second-order valence-electron chi connectivity index (χ2n) is 5.54. The number of nitrogens with zero attached hydrogens (tertiary/aromatic N) is 1. The highest BCUT2D eigenvalue weighted by atomic mass is 32.1. The van der Waals surface area contributed by atoms with Crippen molar-refractivity contribution in [3.8, 4) is 0 Å². The van der Waals surface area contributed by atoms with Gasteiger partial charge < -0.3 is 9.47 Å². The zero-order chi connectivity index (χ0) is 12.6. The molecule has 1 aromatic rings. The fraction of sp³-hybridized carbons (Fsp3) is 0.786. The smallest absolute Gasteiger partial charge is 0.0950 e. The van der Waals surface area contributed by atoms with Gasteiger partial charge >= 0.3 is 0 Å². The first-order valence-corrected chi connectivity index (χ1v) is 7.85. The van der Waals surface area contributed by atoms with Crippen molar-refractivity contribution in [2.75, 3.05) is 0 Å². The minimum Gasteiger partial charge on any atom is -0.369 e. The Hall–Kier alpha value is -0.450. The molecule has 18 heavy (non-hydrogen) atoms. The topological polar surface area (TPSA) is 31.4 Å². The molecule has 3 heterocycles. The number of aromatic nitrogens is 1. The van der Waals surface area contributed by atoms with Gasteiger partial charge in [0.25, 0.3) is 0 Å². The van der Waals surface area contributed by atoms with Gasteiger partial charge in [-0.15, -0.1) is 11.3 Å². The summed E-state index contributed by atoms with van der Waals surface area (Å²) >= 11 is 1.62. The van der Waals surface area contributed by atoms with E-state index in [-0.39, 0.29) is 17.3 Å². The number of hydrogen-bond donors (Lipinski definition) is 0. The monoisotopic (exact) mass is 267 g/mol. The van der Waals surface area contributed by atoms with Gasteiger partial charge in [0.1, 0.15) is 0 Å². The molecule has 2 saturated heterocycles. The van der Waals surface area contributed by atoms with Crippen LogP contribution in [0.2, 0.25) is 0 Å². The zero-order valence-corrected chi connectivity index (χ0v) is 12.0. The minimum absolute atomic E-state index is 0.0218. The highest BCUT2D eigenvalue weighted by molar-refractivity contribution is 7.07. The van der Waals surface area contributed by atoms with Gasteiger partial charge in [-0.2, -0.15) is 0 Å². The third-order valence-corrected chi connectivity index (χ3v) is 5.36. The third-order valence-electron chi connectivity index (χ3n) is 4.73. The summed E-state index contributed by atoms with van der Waals surface area (Å²) in [6.45, 7) is 5.07. The van der Waals surface area contributed by atoms with Gasteiger partial charge in [0.05, 0.1) is 35.1 Å². The summed E-state index contributed by atoms with van der Waals surface area (Å²) in [6, 6.07) is 0. The molecular formula is C14H21NO2S. The van der Waals surface area contributed by atoms with Gasteiger partial charge in [-0.25, -0.2) is 4.98 Å². The molecule has 0 radical (unpaired) electrons. The lowest BCUT2D eigenvalue weighted by Crippen LogP contribution is -2.39.